The lowest BCUT2D eigenvalue weighted by Crippen LogP contribution is -2.44. The fourth-order valence-electron chi connectivity index (χ4n) is 6.04. The quantitative estimate of drug-likeness (QED) is 0.531. The van der Waals surface area contributed by atoms with Crippen LogP contribution in [0.5, 0.6) is 0 Å². The molecule has 3 fully saturated rings. The van der Waals surface area contributed by atoms with Crippen molar-refractivity contribution in [2.45, 2.75) is 56.5 Å². The van der Waals surface area contributed by atoms with Gasteiger partial charge in [-0.15, -0.1) is 11.3 Å². The number of hydrogen-bond donors (Lipinski definition) is 1. The molecule has 8 heteroatoms. The molecule has 2 aliphatic heterocycles. The van der Waals surface area contributed by atoms with Gasteiger partial charge >= 0.3 is 0 Å². The van der Waals surface area contributed by atoms with Crippen molar-refractivity contribution < 1.29 is 4.74 Å². The van der Waals surface area contributed by atoms with E-state index < -0.39 is 0 Å². The fraction of sp³-hybridized carbons (Fsp3) is 0.600. The minimum absolute atomic E-state index is 0.462. The lowest BCUT2D eigenvalue weighted by atomic mass is 9.81. The topological polar surface area (TPSA) is 46.4 Å². The Morgan fingerprint density at radius 2 is 1.91 bits per heavy atom. The number of hydrogen-bond acceptors (Lipinski definition) is 7. The molecule has 3 aromatic heterocycles. The molecule has 5 heterocycles. The molecule has 0 spiro atoms. The number of nitrogens with zero attached hydrogens (tertiary/aromatic N) is 5. The Bertz CT molecular complexity index is 1110. The molecule has 6 nitrogen and oxygen atoms in total. The van der Waals surface area contributed by atoms with Crippen LogP contribution in [0, 0.1) is 0 Å². The third-order valence-electron chi connectivity index (χ3n) is 7.98. The smallest absolute Gasteiger partial charge is 0.150 e. The molecule has 0 N–H and O–H groups in total. The summed E-state index contributed by atoms with van der Waals surface area (Å²) in [5, 5.41) is 4.62. The van der Waals surface area contributed by atoms with Crippen LogP contribution in [-0.2, 0) is 4.74 Å². The maximum Gasteiger partial charge on any atom is 0.150 e. The van der Waals surface area contributed by atoms with Crippen LogP contribution in [0.25, 0.3) is 22.3 Å². The van der Waals surface area contributed by atoms with Crippen molar-refractivity contribution in [1.29, 1.82) is 0 Å². The minimum atomic E-state index is 0.462. The average Bonchev–Trinajstić information content (AvgIpc) is 3.58. The van der Waals surface area contributed by atoms with Crippen LogP contribution in [0.3, 0.4) is 0 Å². The van der Waals surface area contributed by atoms with Gasteiger partial charge in [0, 0.05) is 47.9 Å². The van der Waals surface area contributed by atoms with Gasteiger partial charge < -0.3 is 4.74 Å². The Balaban J connectivity index is 1.23. The summed E-state index contributed by atoms with van der Waals surface area (Å²) in [6.07, 6.45) is 11.6. The van der Waals surface area contributed by atoms with Crippen molar-refractivity contribution >= 4 is 35.2 Å². The largest absolute Gasteiger partial charge is 0.379 e. The fourth-order valence-corrected chi connectivity index (χ4v) is 7.33. The van der Waals surface area contributed by atoms with Gasteiger partial charge in [0.25, 0.3) is 0 Å². The summed E-state index contributed by atoms with van der Waals surface area (Å²) in [5.74, 6) is 0.591. The van der Waals surface area contributed by atoms with E-state index >= 15 is 0 Å². The van der Waals surface area contributed by atoms with E-state index in [-0.39, 0.29) is 0 Å². The highest BCUT2D eigenvalue weighted by molar-refractivity contribution is 7.78. The molecule has 3 aromatic rings. The van der Waals surface area contributed by atoms with Gasteiger partial charge in [-0.05, 0) is 69.7 Å². The zero-order valence-electron chi connectivity index (χ0n) is 19.3. The first kappa shape index (κ1) is 22.0. The van der Waals surface area contributed by atoms with Crippen LogP contribution in [0.1, 0.15) is 61.1 Å². The molecular formula is C25H33N5OS2. The van der Waals surface area contributed by atoms with Crippen LogP contribution >= 0.6 is 24.2 Å². The number of ether oxygens (including phenoxy) is 1. The van der Waals surface area contributed by atoms with Crippen molar-refractivity contribution in [3.63, 3.8) is 0 Å². The number of rotatable bonds is 4. The van der Waals surface area contributed by atoms with E-state index in [1.54, 1.807) is 11.3 Å². The third-order valence-corrected chi connectivity index (χ3v) is 9.23. The van der Waals surface area contributed by atoms with Gasteiger partial charge in [0.1, 0.15) is 10.7 Å². The van der Waals surface area contributed by atoms with E-state index in [1.165, 1.54) is 54.5 Å². The summed E-state index contributed by atoms with van der Waals surface area (Å²) in [6, 6.07) is 3.55. The summed E-state index contributed by atoms with van der Waals surface area (Å²) >= 11 is 6.46. The molecule has 6 rings (SSSR count). The summed E-state index contributed by atoms with van der Waals surface area (Å²) in [6.45, 7) is 5.12. The lowest BCUT2D eigenvalue weighted by Gasteiger charge is -2.38. The van der Waals surface area contributed by atoms with E-state index in [1.807, 2.05) is 3.97 Å². The van der Waals surface area contributed by atoms with Crippen LogP contribution in [0.4, 0.5) is 0 Å². The average molecular weight is 484 g/mol. The first-order valence-corrected chi connectivity index (χ1v) is 13.6. The number of likely N-dealkylation sites (tertiary alicyclic amines) is 1. The van der Waals surface area contributed by atoms with Crippen molar-refractivity contribution in [2.24, 2.45) is 0 Å². The molecule has 3 aliphatic rings. The van der Waals surface area contributed by atoms with Crippen LogP contribution in [0.2, 0.25) is 0 Å². The van der Waals surface area contributed by atoms with Crippen molar-refractivity contribution in [2.75, 3.05) is 39.9 Å². The molecule has 0 bridgehead atoms. The number of aromatic nitrogens is 3. The van der Waals surface area contributed by atoms with E-state index in [0.717, 1.165) is 55.8 Å². The highest BCUT2D eigenvalue weighted by Crippen LogP contribution is 2.39. The first-order chi connectivity index (χ1) is 16.2. The van der Waals surface area contributed by atoms with E-state index in [0.29, 0.717) is 12.0 Å². The van der Waals surface area contributed by atoms with E-state index in [2.05, 4.69) is 53.5 Å². The van der Waals surface area contributed by atoms with Gasteiger partial charge in [-0.25, -0.2) is 9.97 Å². The van der Waals surface area contributed by atoms with Crippen LogP contribution in [0.15, 0.2) is 23.8 Å². The highest BCUT2D eigenvalue weighted by Gasteiger charge is 2.29. The second-order valence-corrected chi connectivity index (χ2v) is 11.2. The molecule has 1 saturated carbocycles. The normalized spacial score (nSPS) is 27.5. The van der Waals surface area contributed by atoms with Crippen LogP contribution < -0.4 is 0 Å². The van der Waals surface area contributed by atoms with Crippen molar-refractivity contribution in [3.05, 3.63) is 34.4 Å². The Kier molecular flexibility index (Phi) is 6.21. The zero-order chi connectivity index (χ0) is 22.4. The van der Waals surface area contributed by atoms with Gasteiger partial charge in [-0.2, -0.15) is 0 Å². The molecule has 33 heavy (non-hydrogen) atoms. The molecule has 0 radical (unpaired) electrons. The van der Waals surface area contributed by atoms with Gasteiger partial charge in [-0.1, -0.05) is 12.8 Å². The van der Waals surface area contributed by atoms with E-state index in [9.17, 15) is 0 Å². The molecule has 1 atom stereocenters. The molecule has 1 aliphatic carbocycles. The Labute approximate surface area is 205 Å². The number of morpholine rings is 1. The summed E-state index contributed by atoms with van der Waals surface area (Å²) < 4.78 is 7.39. The summed E-state index contributed by atoms with van der Waals surface area (Å²) in [5.41, 5.74) is 4.50. The van der Waals surface area contributed by atoms with Gasteiger partial charge in [0.15, 0.2) is 0 Å². The second kappa shape index (κ2) is 9.30. The Hall–Kier alpha value is -1.45. The number of thiol groups is 1. The third kappa shape index (κ3) is 4.25. The summed E-state index contributed by atoms with van der Waals surface area (Å²) in [4.78, 5) is 15.0. The molecule has 0 amide bonds. The zero-order valence-corrected chi connectivity index (χ0v) is 21.0. The first-order valence-electron chi connectivity index (χ1n) is 12.4. The second-order valence-electron chi connectivity index (χ2n) is 9.89. The molecule has 2 saturated heterocycles. The summed E-state index contributed by atoms with van der Waals surface area (Å²) in [7, 11) is 2.21. The van der Waals surface area contributed by atoms with E-state index in [4.69, 9.17) is 14.7 Å². The monoisotopic (exact) mass is 483 g/mol. The maximum absolute atomic E-state index is 5.54. The molecule has 176 valence electrons. The Morgan fingerprint density at radius 1 is 1.09 bits per heavy atom. The molecule has 1 unspecified atom stereocenters. The SMILES string of the molecule is CN1CCCC1c1nc(-c2cn(S)c3ncc(C4CCC(N5CCOCC5)CC4)cc23)cs1. The predicted molar refractivity (Wildman–Crippen MR) is 137 cm³/mol. The number of pyridine rings is 1. The Morgan fingerprint density at radius 3 is 2.67 bits per heavy atom. The van der Waals surface area contributed by atoms with Gasteiger partial charge in [0.2, 0.25) is 0 Å². The lowest BCUT2D eigenvalue weighted by molar-refractivity contribution is 0.00729. The van der Waals surface area contributed by atoms with Gasteiger partial charge in [0.05, 0.1) is 24.9 Å². The minimum Gasteiger partial charge on any atom is -0.379 e. The maximum atomic E-state index is 5.54. The highest BCUT2D eigenvalue weighted by atomic mass is 32.1. The number of fused-ring (bicyclic) bond motifs is 1. The number of thiazole rings is 1. The predicted octanol–water partition coefficient (Wildman–Crippen LogP) is 4.98. The standard InChI is InChI=1S/C25H33N5OS2/c1-28-8-2-3-23(28)25-27-22(16-33-25)21-15-30(32)24-20(21)13-18(14-26-24)17-4-6-19(7-5-17)29-9-11-31-12-10-29/h13-17,19,23,32H,2-12H2,1H3. The molecular weight excluding hydrogens is 450 g/mol. The van der Waals surface area contributed by atoms with Crippen LogP contribution in [-0.4, -0.2) is 69.7 Å². The molecule has 0 aromatic carbocycles. The van der Waals surface area contributed by atoms with Gasteiger partial charge in [-0.3, -0.25) is 13.8 Å². The van der Waals surface area contributed by atoms with Crippen molar-refractivity contribution in [1.82, 2.24) is 23.7 Å². The van der Waals surface area contributed by atoms with Crippen molar-refractivity contribution in [3.8, 4) is 11.3 Å².